The summed E-state index contributed by atoms with van der Waals surface area (Å²) in [6.45, 7) is 1.84. The van der Waals surface area contributed by atoms with Crippen LogP contribution >= 0.6 is 12.4 Å². The van der Waals surface area contributed by atoms with Crippen molar-refractivity contribution in [1.82, 2.24) is 4.72 Å². The highest BCUT2D eigenvalue weighted by atomic mass is 35.5. The van der Waals surface area contributed by atoms with Crippen molar-refractivity contribution in [3.63, 3.8) is 0 Å². The Morgan fingerprint density at radius 3 is 2.32 bits per heavy atom. The summed E-state index contributed by atoms with van der Waals surface area (Å²) in [5.41, 5.74) is 5.89. The minimum Gasteiger partial charge on any atom is -0.493 e. The monoisotopic (exact) mass is 412 g/mol. The highest BCUT2D eigenvalue weighted by Gasteiger charge is 2.29. The molecule has 0 bridgehead atoms. The topological polar surface area (TPSA) is 116 Å². The van der Waals surface area contributed by atoms with Gasteiger partial charge in [0.15, 0.2) is 9.84 Å². The van der Waals surface area contributed by atoms with Gasteiger partial charge in [0.25, 0.3) is 0 Å². The van der Waals surface area contributed by atoms with Gasteiger partial charge in [-0.25, -0.2) is 21.6 Å². The van der Waals surface area contributed by atoms with Crippen LogP contribution in [0.1, 0.15) is 19.8 Å². The number of nitrogens with two attached hydrogens (primary N) is 1. The summed E-state index contributed by atoms with van der Waals surface area (Å²) >= 11 is 0. The lowest BCUT2D eigenvalue weighted by Crippen LogP contribution is -2.38. The summed E-state index contributed by atoms with van der Waals surface area (Å²) in [5.74, 6) is 0.852. The van der Waals surface area contributed by atoms with Crippen molar-refractivity contribution in [2.24, 2.45) is 11.7 Å². The van der Waals surface area contributed by atoms with E-state index >= 15 is 0 Å². The quantitative estimate of drug-likeness (QED) is 0.590. The average Bonchev–Trinajstić information content (AvgIpc) is 3.38. The minimum atomic E-state index is -3.61. The molecule has 1 aromatic rings. The number of ether oxygens (including phenoxy) is 1. The molecule has 0 radical (unpaired) electrons. The fourth-order valence-corrected chi connectivity index (χ4v) is 3.83. The van der Waals surface area contributed by atoms with Crippen LogP contribution in [0.3, 0.4) is 0 Å². The number of halogens is 1. The van der Waals surface area contributed by atoms with E-state index < -0.39 is 19.9 Å². The summed E-state index contributed by atoms with van der Waals surface area (Å²) in [6, 6.07) is 5.72. The number of hydrogen-bond donors (Lipinski definition) is 2. The number of rotatable bonds is 10. The van der Waals surface area contributed by atoms with Crippen molar-refractivity contribution in [2.75, 3.05) is 24.7 Å². The number of hydrogen-bond acceptors (Lipinski definition) is 6. The Labute approximate surface area is 155 Å². The lowest BCUT2D eigenvalue weighted by molar-refractivity contribution is 0.340. The maximum absolute atomic E-state index is 12.2. The fraction of sp³-hybridized carbons (Fsp3) is 0.600. The molecule has 7 nitrogen and oxygen atoms in total. The highest BCUT2D eigenvalue weighted by Crippen LogP contribution is 2.31. The third-order valence-corrected chi connectivity index (χ3v) is 7.08. The van der Waals surface area contributed by atoms with Gasteiger partial charge in [-0.3, -0.25) is 0 Å². The molecule has 1 fully saturated rings. The summed E-state index contributed by atoms with van der Waals surface area (Å²) in [7, 11) is -6.69. The fourth-order valence-electron chi connectivity index (χ4n) is 2.13. The Kier molecular flexibility index (Phi) is 8.14. The van der Waals surface area contributed by atoms with Gasteiger partial charge in [0, 0.05) is 18.3 Å². The van der Waals surface area contributed by atoms with Crippen molar-refractivity contribution in [3.05, 3.63) is 24.3 Å². The molecule has 1 saturated carbocycles. The number of benzene rings is 1. The van der Waals surface area contributed by atoms with Crippen molar-refractivity contribution >= 4 is 32.3 Å². The molecule has 1 atom stereocenters. The molecular weight excluding hydrogens is 388 g/mol. The lowest BCUT2D eigenvalue weighted by atomic mass is 10.2. The van der Waals surface area contributed by atoms with E-state index in [0.717, 1.165) is 12.8 Å². The van der Waals surface area contributed by atoms with Gasteiger partial charge >= 0.3 is 0 Å². The lowest BCUT2D eigenvalue weighted by Gasteiger charge is -2.12. The SMILES string of the molecule is CCS(=O)(=O)CCOc1ccc(S(=O)(=O)NCC(N)C2CC2)cc1.Cl. The van der Waals surface area contributed by atoms with Gasteiger partial charge in [-0.15, -0.1) is 12.4 Å². The van der Waals surface area contributed by atoms with Crippen molar-refractivity contribution < 1.29 is 21.6 Å². The Bertz CT molecular complexity index is 747. The zero-order chi connectivity index (χ0) is 17.8. The minimum absolute atomic E-state index is 0. The maximum atomic E-state index is 12.2. The van der Waals surface area contributed by atoms with Crippen LogP contribution in [0, 0.1) is 5.92 Å². The van der Waals surface area contributed by atoms with Gasteiger partial charge in [-0.2, -0.15) is 0 Å². The van der Waals surface area contributed by atoms with E-state index in [-0.39, 0.29) is 48.0 Å². The predicted molar refractivity (Wildman–Crippen MR) is 99.4 cm³/mol. The van der Waals surface area contributed by atoms with Crippen molar-refractivity contribution in [2.45, 2.75) is 30.7 Å². The molecule has 0 aliphatic heterocycles. The molecule has 1 aliphatic carbocycles. The first kappa shape index (κ1) is 22.2. The molecule has 0 amide bonds. The van der Waals surface area contributed by atoms with Crippen LogP contribution in [-0.4, -0.2) is 47.5 Å². The summed E-state index contributed by atoms with van der Waals surface area (Å²) in [4.78, 5) is 0.124. The molecule has 0 aromatic heterocycles. The molecule has 2 rings (SSSR count). The molecule has 1 aliphatic rings. The van der Waals surface area contributed by atoms with Gasteiger partial charge in [0.2, 0.25) is 10.0 Å². The number of nitrogens with one attached hydrogen (secondary N) is 1. The van der Waals surface area contributed by atoms with E-state index in [4.69, 9.17) is 10.5 Å². The van der Waals surface area contributed by atoms with Crippen LogP contribution in [-0.2, 0) is 19.9 Å². The molecule has 0 heterocycles. The molecule has 3 N–H and O–H groups in total. The zero-order valence-corrected chi connectivity index (χ0v) is 16.5. The Morgan fingerprint density at radius 1 is 1.20 bits per heavy atom. The van der Waals surface area contributed by atoms with Crippen LogP contribution in [0.25, 0.3) is 0 Å². The second-order valence-corrected chi connectivity index (χ2v) is 10.1. The molecule has 1 aromatic carbocycles. The van der Waals surface area contributed by atoms with Crippen LogP contribution in [0.5, 0.6) is 5.75 Å². The second-order valence-electron chi connectivity index (χ2n) is 5.91. The van der Waals surface area contributed by atoms with Crippen LogP contribution in [0.15, 0.2) is 29.2 Å². The molecule has 0 spiro atoms. The van der Waals surface area contributed by atoms with Crippen LogP contribution < -0.4 is 15.2 Å². The van der Waals surface area contributed by atoms with Gasteiger partial charge in [-0.1, -0.05) is 6.92 Å². The van der Waals surface area contributed by atoms with E-state index in [1.807, 2.05) is 0 Å². The van der Waals surface area contributed by atoms with Crippen molar-refractivity contribution in [3.8, 4) is 5.75 Å². The molecule has 25 heavy (non-hydrogen) atoms. The summed E-state index contributed by atoms with van der Waals surface area (Å²) in [5, 5.41) is 0. The van der Waals surface area contributed by atoms with E-state index in [9.17, 15) is 16.8 Å². The largest absolute Gasteiger partial charge is 0.493 e. The Hall–Kier alpha value is -0.870. The first-order chi connectivity index (χ1) is 11.2. The molecule has 10 heteroatoms. The highest BCUT2D eigenvalue weighted by molar-refractivity contribution is 7.91. The first-order valence-corrected chi connectivity index (χ1v) is 11.2. The predicted octanol–water partition coefficient (Wildman–Crippen LogP) is 0.938. The normalized spacial score (nSPS) is 16.1. The second kappa shape index (κ2) is 9.18. The summed E-state index contributed by atoms with van der Waals surface area (Å²) < 4.78 is 55.0. The van der Waals surface area contributed by atoms with Crippen LogP contribution in [0.4, 0.5) is 0 Å². The summed E-state index contributed by atoms with van der Waals surface area (Å²) in [6.07, 6.45) is 2.12. The van der Waals surface area contributed by atoms with E-state index in [0.29, 0.717) is 11.7 Å². The van der Waals surface area contributed by atoms with E-state index in [1.54, 1.807) is 6.92 Å². The maximum Gasteiger partial charge on any atom is 0.240 e. The van der Waals surface area contributed by atoms with Gasteiger partial charge in [0.05, 0.1) is 10.6 Å². The Balaban J connectivity index is 0.00000312. The Morgan fingerprint density at radius 2 is 1.80 bits per heavy atom. The zero-order valence-electron chi connectivity index (χ0n) is 14.1. The standard InChI is InChI=1S/C15H24N2O5S2.ClH/c1-2-23(18,19)10-9-22-13-5-7-14(8-6-13)24(20,21)17-11-15(16)12-3-4-12;/h5-8,12,15,17H,2-4,9-11,16H2,1H3;1H. The van der Waals surface area contributed by atoms with Gasteiger partial charge in [0.1, 0.15) is 12.4 Å². The molecule has 1 unspecified atom stereocenters. The van der Waals surface area contributed by atoms with Gasteiger partial charge in [-0.05, 0) is 43.0 Å². The smallest absolute Gasteiger partial charge is 0.240 e. The molecule has 0 saturated heterocycles. The molecule has 144 valence electrons. The number of sulfonamides is 1. The average molecular weight is 413 g/mol. The third kappa shape index (κ3) is 7.10. The van der Waals surface area contributed by atoms with E-state index in [1.165, 1.54) is 24.3 Å². The van der Waals surface area contributed by atoms with Crippen LogP contribution in [0.2, 0.25) is 0 Å². The number of sulfone groups is 1. The van der Waals surface area contributed by atoms with Gasteiger partial charge < -0.3 is 10.5 Å². The molecular formula is C15H25ClN2O5S2. The van der Waals surface area contributed by atoms with E-state index in [2.05, 4.69) is 4.72 Å². The first-order valence-electron chi connectivity index (χ1n) is 7.92. The third-order valence-electron chi connectivity index (χ3n) is 3.97. The van der Waals surface area contributed by atoms with Crippen molar-refractivity contribution in [1.29, 1.82) is 0 Å².